The molecule has 9 heteroatoms. The van der Waals surface area contributed by atoms with Crippen LogP contribution in [0.3, 0.4) is 0 Å². The molecule has 0 aliphatic heterocycles. The normalized spacial score (nSPS) is 10.8. The minimum absolute atomic E-state index is 0.00525. The van der Waals surface area contributed by atoms with Crippen molar-refractivity contribution in [2.75, 3.05) is 12.4 Å². The number of carbonyl (C=O) groups excluding carboxylic acids is 1. The fourth-order valence-corrected chi connectivity index (χ4v) is 3.83. The van der Waals surface area contributed by atoms with Crippen molar-refractivity contribution in [1.29, 1.82) is 5.26 Å². The fraction of sp³-hybridized carbons (Fsp3) is 0.120. The second-order valence-corrected chi connectivity index (χ2v) is 8.37. The lowest BCUT2D eigenvalue weighted by Gasteiger charge is -2.14. The molecule has 3 aromatic rings. The fourth-order valence-electron chi connectivity index (χ4n) is 3.05. The van der Waals surface area contributed by atoms with Crippen molar-refractivity contribution in [3.63, 3.8) is 0 Å². The van der Waals surface area contributed by atoms with Gasteiger partial charge in [0.25, 0.3) is 11.6 Å². The van der Waals surface area contributed by atoms with Gasteiger partial charge in [0, 0.05) is 6.07 Å². The van der Waals surface area contributed by atoms with Crippen LogP contribution in [0.4, 0.5) is 11.4 Å². The van der Waals surface area contributed by atoms with Crippen molar-refractivity contribution >= 4 is 45.9 Å². The molecule has 0 heterocycles. The Hall–Kier alpha value is -3.91. The summed E-state index contributed by atoms with van der Waals surface area (Å²) < 4.78 is 12.2. The topological polar surface area (TPSA) is 114 Å². The Labute approximate surface area is 210 Å². The summed E-state index contributed by atoms with van der Waals surface area (Å²) in [5, 5.41) is 23.1. The third-order valence-electron chi connectivity index (χ3n) is 4.78. The summed E-state index contributed by atoms with van der Waals surface area (Å²) in [4.78, 5) is 23.2. The Balaban J connectivity index is 1.84. The molecule has 8 nitrogen and oxygen atoms in total. The lowest BCUT2D eigenvalue weighted by atomic mass is 10.1. The van der Waals surface area contributed by atoms with Gasteiger partial charge in [0.15, 0.2) is 11.5 Å². The van der Waals surface area contributed by atoms with E-state index < -0.39 is 10.8 Å². The number of nitro benzene ring substituents is 1. The number of para-hydroxylation sites is 2. The molecule has 34 heavy (non-hydrogen) atoms. The number of nitrogens with zero attached hydrogens (tertiary/aromatic N) is 2. The third-order valence-corrected chi connectivity index (χ3v) is 5.58. The van der Waals surface area contributed by atoms with E-state index in [1.165, 1.54) is 31.4 Å². The van der Waals surface area contributed by atoms with Gasteiger partial charge in [-0.1, -0.05) is 42.0 Å². The molecule has 0 saturated heterocycles. The predicted molar refractivity (Wildman–Crippen MR) is 137 cm³/mol. The Kier molecular flexibility index (Phi) is 8.21. The van der Waals surface area contributed by atoms with Crippen LogP contribution in [0.15, 0.2) is 66.2 Å². The molecule has 0 radical (unpaired) electrons. The molecule has 0 atom stereocenters. The molecule has 1 amide bonds. The standard InChI is InChI=1S/C25H20IN3O5/c1-16-7-9-17(10-8-16)15-34-24-20(26)12-18(13-23(24)33-2)11-19(14-27)25(30)28-21-5-3-4-6-22(21)29(31)32/h3-13H,15H2,1-2H3,(H,28,30)/b19-11+. The molecule has 172 valence electrons. The molecule has 0 fully saturated rings. The van der Waals surface area contributed by atoms with Gasteiger partial charge in [-0.3, -0.25) is 14.9 Å². The van der Waals surface area contributed by atoms with E-state index in [9.17, 15) is 20.2 Å². The van der Waals surface area contributed by atoms with Gasteiger partial charge in [-0.15, -0.1) is 0 Å². The zero-order valence-corrected chi connectivity index (χ0v) is 20.5. The summed E-state index contributed by atoms with van der Waals surface area (Å²) in [7, 11) is 1.50. The van der Waals surface area contributed by atoms with Crippen molar-refractivity contribution in [2.24, 2.45) is 0 Å². The second-order valence-electron chi connectivity index (χ2n) is 7.21. The number of hydrogen-bond donors (Lipinski definition) is 1. The predicted octanol–water partition coefficient (Wildman–Crippen LogP) is 5.64. The molecule has 3 rings (SSSR count). The number of anilines is 1. The van der Waals surface area contributed by atoms with Crippen LogP contribution in [0.1, 0.15) is 16.7 Å². The Morgan fingerprint density at radius 1 is 1.21 bits per heavy atom. The molecule has 0 bridgehead atoms. The summed E-state index contributed by atoms with van der Waals surface area (Å²) in [5.74, 6) is 0.232. The van der Waals surface area contributed by atoms with Crippen molar-refractivity contribution in [2.45, 2.75) is 13.5 Å². The van der Waals surface area contributed by atoms with Gasteiger partial charge in [-0.25, -0.2) is 0 Å². The van der Waals surface area contributed by atoms with Crippen LogP contribution in [0.25, 0.3) is 6.08 Å². The highest BCUT2D eigenvalue weighted by Crippen LogP contribution is 2.35. The van der Waals surface area contributed by atoms with Crippen molar-refractivity contribution in [3.05, 3.63) is 96.6 Å². The van der Waals surface area contributed by atoms with Gasteiger partial charge >= 0.3 is 0 Å². The Morgan fingerprint density at radius 3 is 2.56 bits per heavy atom. The number of methoxy groups -OCH3 is 1. The van der Waals surface area contributed by atoms with Crippen LogP contribution in [0.5, 0.6) is 11.5 Å². The van der Waals surface area contributed by atoms with Crippen molar-refractivity contribution < 1.29 is 19.2 Å². The first kappa shape index (κ1) is 24.7. The summed E-state index contributed by atoms with van der Waals surface area (Å²) >= 11 is 2.10. The Morgan fingerprint density at radius 2 is 1.91 bits per heavy atom. The summed E-state index contributed by atoms with van der Waals surface area (Å²) in [5.41, 5.74) is 2.23. The summed E-state index contributed by atoms with van der Waals surface area (Å²) in [6.07, 6.45) is 1.39. The maximum absolute atomic E-state index is 12.6. The average molecular weight is 569 g/mol. The van der Waals surface area contributed by atoms with Crippen molar-refractivity contribution in [3.8, 4) is 17.6 Å². The van der Waals surface area contributed by atoms with E-state index in [1.807, 2.05) is 37.3 Å². The van der Waals surface area contributed by atoms with Gasteiger partial charge in [0.2, 0.25) is 0 Å². The highest BCUT2D eigenvalue weighted by Gasteiger charge is 2.18. The molecule has 0 unspecified atom stereocenters. The monoisotopic (exact) mass is 569 g/mol. The largest absolute Gasteiger partial charge is 0.493 e. The highest BCUT2D eigenvalue weighted by atomic mass is 127. The molecule has 0 aliphatic carbocycles. The van der Waals surface area contributed by atoms with Gasteiger partial charge in [-0.05, 0) is 64.9 Å². The number of nitro groups is 1. The van der Waals surface area contributed by atoms with E-state index >= 15 is 0 Å². The average Bonchev–Trinajstić information content (AvgIpc) is 2.82. The zero-order chi connectivity index (χ0) is 24.7. The van der Waals surface area contributed by atoms with Crippen LogP contribution in [-0.2, 0) is 11.4 Å². The lowest BCUT2D eigenvalue weighted by Crippen LogP contribution is -2.14. The number of carbonyl (C=O) groups is 1. The zero-order valence-electron chi connectivity index (χ0n) is 18.4. The molecular weight excluding hydrogens is 549 g/mol. The Bertz CT molecular complexity index is 1300. The minimum Gasteiger partial charge on any atom is -0.493 e. The number of rotatable bonds is 8. The number of halogens is 1. The number of hydrogen-bond acceptors (Lipinski definition) is 6. The van der Waals surface area contributed by atoms with Gasteiger partial charge in [0.05, 0.1) is 15.6 Å². The van der Waals surface area contributed by atoms with Gasteiger partial charge < -0.3 is 14.8 Å². The highest BCUT2D eigenvalue weighted by molar-refractivity contribution is 14.1. The van der Waals surface area contributed by atoms with Crippen LogP contribution < -0.4 is 14.8 Å². The van der Waals surface area contributed by atoms with Crippen LogP contribution in [0, 0.1) is 31.9 Å². The van der Waals surface area contributed by atoms with E-state index in [1.54, 1.807) is 18.2 Å². The number of aryl methyl sites for hydroxylation is 1. The van der Waals surface area contributed by atoms with E-state index in [4.69, 9.17) is 9.47 Å². The molecule has 3 aromatic carbocycles. The van der Waals surface area contributed by atoms with E-state index in [0.29, 0.717) is 23.7 Å². The van der Waals surface area contributed by atoms with E-state index in [-0.39, 0.29) is 16.9 Å². The molecule has 0 spiro atoms. The maximum atomic E-state index is 12.6. The quantitative estimate of drug-likeness (QED) is 0.124. The summed E-state index contributed by atoms with van der Waals surface area (Å²) in [6.45, 7) is 2.36. The summed E-state index contributed by atoms with van der Waals surface area (Å²) in [6, 6.07) is 19.0. The first-order valence-electron chi connectivity index (χ1n) is 10.0. The lowest BCUT2D eigenvalue weighted by molar-refractivity contribution is -0.383. The van der Waals surface area contributed by atoms with Crippen LogP contribution in [-0.4, -0.2) is 17.9 Å². The van der Waals surface area contributed by atoms with Crippen LogP contribution in [0.2, 0.25) is 0 Å². The smallest absolute Gasteiger partial charge is 0.292 e. The third kappa shape index (κ3) is 6.11. The molecule has 0 aromatic heterocycles. The van der Waals surface area contributed by atoms with Gasteiger partial charge in [0.1, 0.15) is 23.9 Å². The number of nitriles is 1. The van der Waals surface area contributed by atoms with E-state index in [0.717, 1.165) is 14.7 Å². The first-order valence-corrected chi connectivity index (χ1v) is 11.1. The number of ether oxygens (including phenoxy) is 2. The van der Waals surface area contributed by atoms with Crippen molar-refractivity contribution in [1.82, 2.24) is 0 Å². The second kappa shape index (κ2) is 11.3. The SMILES string of the molecule is COc1cc(/C=C(\C#N)C(=O)Nc2ccccc2[N+](=O)[O-])cc(I)c1OCc1ccc(C)cc1. The molecule has 0 saturated carbocycles. The molecule has 0 aliphatic rings. The van der Waals surface area contributed by atoms with E-state index in [2.05, 4.69) is 27.9 Å². The van der Waals surface area contributed by atoms with Gasteiger partial charge in [-0.2, -0.15) is 5.26 Å². The first-order chi connectivity index (χ1) is 16.3. The number of benzene rings is 3. The molecule has 1 N–H and O–H groups in total. The molecular formula is C25H20IN3O5. The maximum Gasteiger partial charge on any atom is 0.292 e. The minimum atomic E-state index is -0.759. The van der Waals surface area contributed by atoms with Crippen LogP contribution >= 0.6 is 22.6 Å². The number of amides is 1. The number of nitrogens with one attached hydrogen (secondary N) is 1.